The highest BCUT2D eigenvalue weighted by Gasteiger charge is 2.24. The molecule has 162 valence electrons. The summed E-state index contributed by atoms with van der Waals surface area (Å²) in [4.78, 5) is 0. The van der Waals surface area contributed by atoms with Gasteiger partial charge in [-0.05, 0) is 61.0 Å². The van der Waals surface area contributed by atoms with Crippen molar-refractivity contribution in [3.8, 4) is 0 Å². The van der Waals surface area contributed by atoms with Crippen LogP contribution >= 0.6 is 0 Å². The molecule has 0 nitrogen and oxygen atoms in total. The molecule has 0 aromatic rings. The molecular weight excluding hydrogens is 336 g/mol. The number of rotatable bonds is 15. The molecule has 28 heavy (non-hydrogen) atoms. The van der Waals surface area contributed by atoms with Crippen LogP contribution in [0.15, 0.2) is 41.7 Å². The Hall–Kier alpha value is -1.00. The minimum absolute atomic E-state index is 0.432. The first-order valence-corrected chi connectivity index (χ1v) is 12.0. The highest BCUT2D eigenvalue weighted by molar-refractivity contribution is 5.17. The molecule has 0 aliphatic carbocycles. The molecule has 0 aromatic heterocycles. The standard InChI is InChI=1S/C28H50/c1-9-12-21-28(8,23-26(7)17-10-2)22-15-13-14-19-27(24(4)5)20-16-18-25(6)11-3/h14-16,18,20,24-26H,9-12,17,19,21-23H2,1-8H3. The van der Waals surface area contributed by atoms with E-state index in [1.54, 1.807) is 0 Å². The van der Waals surface area contributed by atoms with E-state index in [4.69, 9.17) is 0 Å². The lowest BCUT2D eigenvalue weighted by Crippen LogP contribution is -2.19. The third-order valence-corrected chi connectivity index (χ3v) is 6.06. The van der Waals surface area contributed by atoms with Crippen LogP contribution in [0.2, 0.25) is 0 Å². The van der Waals surface area contributed by atoms with E-state index in [-0.39, 0.29) is 0 Å². The van der Waals surface area contributed by atoms with Gasteiger partial charge in [-0.25, -0.2) is 0 Å². The molecule has 0 N–H and O–H groups in total. The molecule has 0 bridgehead atoms. The second-order valence-corrected chi connectivity index (χ2v) is 9.66. The van der Waals surface area contributed by atoms with E-state index in [0.717, 1.165) is 18.8 Å². The molecule has 0 radical (unpaired) electrons. The highest BCUT2D eigenvalue weighted by Crippen LogP contribution is 2.37. The van der Waals surface area contributed by atoms with Gasteiger partial charge in [0.1, 0.15) is 0 Å². The zero-order valence-corrected chi connectivity index (χ0v) is 20.5. The van der Waals surface area contributed by atoms with Crippen LogP contribution in [0.3, 0.4) is 0 Å². The van der Waals surface area contributed by atoms with Crippen molar-refractivity contribution in [1.29, 1.82) is 0 Å². The molecule has 3 atom stereocenters. The van der Waals surface area contributed by atoms with Crippen molar-refractivity contribution in [2.24, 2.45) is 23.2 Å². The van der Waals surface area contributed by atoms with E-state index in [1.807, 2.05) is 0 Å². The Morgan fingerprint density at radius 1 is 1.00 bits per heavy atom. The van der Waals surface area contributed by atoms with Crippen molar-refractivity contribution in [3.05, 3.63) is 41.7 Å². The fraction of sp³-hybridized carbons (Fsp3) is 0.750. The minimum atomic E-state index is 0.432. The number of hydrogen-bond donors (Lipinski definition) is 0. The van der Waals surface area contributed by atoms with Crippen molar-refractivity contribution in [2.75, 3.05) is 0 Å². The van der Waals surface area contributed by atoms with Crippen LogP contribution in [0.5, 0.6) is 0 Å². The molecule has 0 aliphatic heterocycles. The van der Waals surface area contributed by atoms with Gasteiger partial charge in [0.05, 0.1) is 0 Å². The summed E-state index contributed by atoms with van der Waals surface area (Å²) in [5.74, 6) is 2.08. The van der Waals surface area contributed by atoms with Crippen LogP contribution in [0.25, 0.3) is 0 Å². The van der Waals surface area contributed by atoms with Gasteiger partial charge in [-0.3, -0.25) is 0 Å². The van der Waals surface area contributed by atoms with E-state index in [1.165, 1.54) is 50.5 Å². The van der Waals surface area contributed by atoms with Gasteiger partial charge >= 0.3 is 0 Å². The average Bonchev–Trinajstić information content (AvgIpc) is 2.64. The molecule has 0 rings (SSSR count). The van der Waals surface area contributed by atoms with E-state index < -0.39 is 0 Å². The number of allylic oxidation sites excluding steroid dienone is 5. The van der Waals surface area contributed by atoms with Crippen LogP contribution in [0.1, 0.15) is 113 Å². The largest absolute Gasteiger partial charge is 0.129 e. The molecule has 0 aliphatic rings. The lowest BCUT2D eigenvalue weighted by atomic mass is 9.74. The second kappa shape index (κ2) is 15.9. The summed E-state index contributed by atoms with van der Waals surface area (Å²) in [6, 6.07) is 0. The Morgan fingerprint density at radius 3 is 2.29 bits per heavy atom. The minimum Gasteiger partial charge on any atom is -0.129 e. The summed E-state index contributed by atoms with van der Waals surface area (Å²) in [6.07, 6.45) is 22.8. The Bertz CT molecular complexity index is 498. The van der Waals surface area contributed by atoms with Crippen molar-refractivity contribution in [1.82, 2.24) is 0 Å². The van der Waals surface area contributed by atoms with Gasteiger partial charge < -0.3 is 0 Å². The van der Waals surface area contributed by atoms with Crippen molar-refractivity contribution < 1.29 is 0 Å². The van der Waals surface area contributed by atoms with Crippen LogP contribution in [-0.4, -0.2) is 0 Å². The molecule has 0 spiro atoms. The van der Waals surface area contributed by atoms with E-state index >= 15 is 0 Å². The van der Waals surface area contributed by atoms with Gasteiger partial charge in [-0.15, -0.1) is 5.73 Å². The SMILES string of the molecule is CCCCC(C)(CC=C=CCC(=CC=CC(C)CC)C(C)C)CC(C)CCC. The summed E-state index contributed by atoms with van der Waals surface area (Å²) in [5, 5.41) is 0. The summed E-state index contributed by atoms with van der Waals surface area (Å²) in [5.41, 5.74) is 5.43. The van der Waals surface area contributed by atoms with E-state index in [0.29, 0.717) is 17.3 Å². The quantitative estimate of drug-likeness (QED) is 0.194. The summed E-state index contributed by atoms with van der Waals surface area (Å²) in [7, 11) is 0. The third kappa shape index (κ3) is 13.2. The topological polar surface area (TPSA) is 0 Å². The average molecular weight is 387 g/mol. The first kappa shape index (κ1) is 27.0. The molecule has 3 unspecified atom stereocenters. The normalized spacial score (nSPS) is 16.7. The second-order valence-electron chi connectivity index (χ2n) is 9.66. The molecule has 0 saturated carbocycles. The van der Waals surface area contributed by atoms with Gasteiger partial charge in [-0.2, -0.15) is 0 Å². The van der Waals surface area contributed by atoms with Gasteiger partial charge in [0, 0.05) is 0 Å². The molecule has 0 aromatic carbocycles. The zero-order chi connectivity index (χ0) is 21.4. The lowest BCUT2D eigenvalue weighted by Gasteiger charge is -2.31. The smallest absolute Gasteiger partial charge is 0.00570 e. The summed E-state index contributed by atoms with van der Waals surface area (Å²) in [6.45, 7) is 18.6. The maximum absolute atomic E-state index is 3.50. The fourth-order valence-corrected chi connectivity index (χ4v) is 3.89. The fourth-order valence-electron chi connectivity index (χ4n) is 3.89. The first-order chi connectivity index (χ1) is 13.3. The Kier molecular flexibility index (Phi) is 15.3. The van der Waals surface area contributed by atoms with Crippen LogP contribution in [0.4, 0.5) is 0 Å². The highest BCUT2D eigenvalue weighted by atomic mass is 14.3. The number of unbranched alkanes of at least 4 members (excludes halogenated alkanes) is 1. The maximum Gasteiger partial charge on any atom is -0.00570 e. The first-order valence-electron chi connectivity index (χ1n) is 12.0. The van der Waals surface area contributed by atoms with E-state index in [2.05, 4.69) is 91.5 Å². The maximum atomic E-state index is 3.50. The monoisotopic (exact) mass is 386 g/mol. The molecule has 0 heteroatoms. The Morgan fingerprint density at radius 2 is 1.71 bits per heavy atom. The van der Waals surface area contributed by atoms with Gasteiger partial charge in [0.2, 0.25) is 0 Å². The molecule has 0 saturated heterocycles. The van der Waals surface area contributed by atoms with Crippen LogP contribution in [-0.2, 0) is 0 Å². The zero-order valence-electron chi connectivity index (χ0n) is 20.5. The van der Waals surface area contributed by atoms with E-state index in [9.17, 15) is 0 Å². The molecule has 0 heterocycles. The summed E-state index contributed by atoms with van der Waals surface area (Å²) >= 11 is 0. The van der Waals surface area contributed by atoms with Gasteiger partial charge in [0.25, 0.3) is 0 Å². The lowest BCUT2D eigenvalue weighted by molar-refractivity contribution is 0.218. The predicted molar refractivity (Wildman–Crippen MR) is 130 cm³/mol. The summed E-state index contributed by atoms with van der Waals surface area (Å²) < 4.78 is 0. The predicted octanol–water partition coefficient (Wildman–Crippen LogP) is 9.69. The van der Waals surface area contributed by atoms with Crippen LogP contribution < -0.4 is 0 Å². The molecule has 0 fully saturated rings. The Balaban J connectivity index is 4.91. The van der Waals surface area contributed by atoms with Gasteiger partial charge in [-0.1, -0.05) is 111 Å². The molecular formula is C28H50. The van der Waals surface area contributed by atoms with Crippen LogP contribution in [0, 0.1) is 23.2 Å². The van der Waals surface area contributed by atoms with Crippen molar-refractivity contribution in [3.63, 3.8) is 0 Å². The molecule has 0 amide bonds. The van der Waals surface area contributed by atoms with Gasteiger partial charge in [0.15, 0.2) is 0 Å². The Labute approximate surface area is 178 Å². The van der Waals surface area contributed by atoms with Crippen molar-refractivity contribution >= 4 is 0 Å². The van der Waals surface area contributed by atoms with Crippen molar-refractivity contribution in [2.45, 2.75) is 113 Å². The number of hydrogen-bond acceptors (Lipinski definition) is 0. The third-order valence-electron chi connectivity index (χ3n) is 6.06.